The molecular weight excluding hydrogens is 632 g/mol. The van der Waals surface area contributed by atoms with E-state index < -0.39 is 24.5 Å². The molecule has 50 heavy (non-hydrogen) atoms. The number of likely N-dealkylation sites (N-methyl/N-ethyl adjacent to an activating group) is 1. The number of ether oxygens (including phenoxy) is 3. The van der Waals surface area contributed by atoms with E-state index in [0.717, 1.165) is 38.9 Å². The lowest BCUT2D eigenvalue weighted by atomic mass is 9.89. The van der Waals surface area contributed by atoms with Crippen LogP contribution in [0, 0.1) is 5.92 Å². The monoisotopic (exact) mass is 680 g/mol. The fourth-order valence-corrected chi connectivity index (χ4v) is 6.31. The van der Waals surface area contributed by atoms with Crippen LogP contribution >= 0.6 is 0 Å². The fraction of sp³-hybridized carbons (Fsp3) is 0.366. The van der Waals surface area contributed by atoms with E-state index >= 15 is 0 Å². The van der Waals surface area contributed by atoms with Crippen LogP contribution in [0.1, 0.15) is 74.0 Å². The van der Waals surface area contributed by atoms with Crippen LogP contribution in [0.5, 0.6) is 0 Å². The Bertz CT molecular complexity index is 1710. The minimum atomic E-state index is -0.872. The molecule has 1 aliphatic heterocycles. The van der Waals surface area contributed by atoms with E-state index in [-0.39, 0.29) is 43.2 Å². The van der Waals surface area contributed by atoms with Crippen molar-refractivity contribution in [1.29, 1.82) is 0 Å². The van der Waals surface area contributed by atoms with Gasteiger partial charge in [0.25, 0.3) is 5.91 Å². The van der Waals surface area contributed by atoms with Gasteiger partial charge in [-0.3, -0.25) is 14.5 Å². The number of carbonyl (C=O) groups excluding carboxylic acids is 2. The third kappa shape index (κ3) is 9.24. The number of nitrogens with one attached hydrogen (secondary N) is 1. The molecule has 0 saturated carbocycles. The zero-order valence-electron chi connectivity index (χ0n) is 29.4. The van der Waals surface area contributed by atoms with E-state index in [0.29, 0.717) is 6.54 Å². The van der Waals surface area contributed by atoms with Gasteiger partial charge in [0.1, 0.15) is 0 Å². The number of carbonyl (C=O) groups is 2. The molecule has 264 valence electrons. The maximum absolute atomic E-state index is 12.4. The molecule has 4 aromatic rings. The van der Waals surface area contributed by atoms with Crippen molar-refractivity contribution in [3.63, 3.8) is 0 Å². The van der Waals surface area contributed by atoms with E-state index in [1.165, 1.54) is 6.92 Å². The molecule has 1 amide bonds. The second kappa shape index (κ2) is 17.0. The summed E-state index contributed by atoms with van der Waals surface area (Å²) in [6.07, 6.45) is -2.70. The molecule has 0 aliphatic carbocycles. The van der Waals surface area contributed by atoms with Gasteiger partial charge in [-0.1, -0.05) is 97.9 Å². The van der Waals surface area contributed by atoms with E-state index in [1.807, 2.05) is 111 Å². The van der Waals surface area contributed by atoms with Gasteiger partial charge in [0.15, 0.2) is 12.4 Å². The molecule has 9 heteroatoms. The summed E-state index contributed by atoms with van der Waals surface area (Å²) in [6.45, 7) is 7.79. The molecule has 3 N–H and O–H groups in total. The van der Waals surface area contributed by atoms with Crippen LogP contribution in [0.3, 0.4) is 0 Å². The highest BCUT2D eigenvalue weighted by Crippen LogP contribution is 2.42. The molecular formula is C41H48N2O7. The average molecular weight is 681 g/mol. The third-order valence-corrected chi connectivity index (χ3v) is 9.48. The third-order valence-electron chi connectivity index (χ3n) is 9.48. The van der Waals surface area contributed by atoms with Crippen LogP contribution in [0.25, 0.3) is 11.1 Å². The van der Waals surface area contributed by atoms with E-state index in [1.54, 1.807) is 6.92 Å². The molecule has 0 spiro atoms. The predicted molar refractivity (Wildman–Crippen MR) is 191 cm³/mol. The highest BCUT2D eigenvalue weighted by molar-refractivity contribution is 5.82. The summed E-state index contributed by atoms with van der Waals surface area (Å²) in [7, 11) is 2.01. The number of aliphatic hydroxyl groups excluding tert-OH is 2. The molecule has 0 unspecified atom stereocenters. The molecule has 1 heterocycles. The lowest BCUT2D eigenvalue weighted by Crippen LogP contribution is -2.46. The van der Waals surface area contributed by atoms with Crippen LogP contribution in [0.2, 0.25) is 0 Å². The molecule has 0 bridgehead atoms. The van der Waals surface area contributed by atoms with Crippen LogP contribution in [-0.4, -0.2) is 58.8 Å². The quantitative estimate of drug-likeness (QED) is 0.142. The van der Waals surface area contributed by atoms with E-state index in [9.17, 15) is 19.8 Å². The van der Waals surface area contributed by atoms with E-state index in [2.05, 4.69) is 23.2 Å². The second-order valence-corrected chi connectivity index (χ2v) is 13.2. The van der Waals surface area contributed by atoms with Crippen molar-refractivity contribution in [3.05, 3.63) is 131 Å². The van der Waals surface area contributed by atoms with Crippen molar-refractivity contribution in [2.75, 3.05) is 13.6 Å². The molecule has 0 aromatic heterocycles. The van der Waals surface area contributed by atoms with Crippen molar-refractivity contribution < 1.29 is 34.0 Å². The topological polar surface area (TPSA) is 118 Å². The largest absolute Gasteiger partial charge is 0.453 e. The number of rotatable bonds is 13. The Morgan fingerprint density at radius 1 is 0.860 bits per heavy atom. The Hall–Kier alpha value is -4.38. The Morgan fingerprint density at radius 2 is 1.54 bits per heavy atom. The molecule has 1 aliphatic rings. The minimum Gasteiger partial charge on any atom is -0.453 e. The highest BCUT2D eigenvalue weighted by atomic mass is 16.7. The Kier molecular flexibility index (Phi) is 12.6. The predicted octanol–water partition coefficient (Wildman–Crippen LogP) is 6.26. The molecule has 5 rings (SSSR count). The summed E-state index contributed by atoms with van der Waals surface area (Å²) in [4.78, 5) is 25.8. The van der Waals surface area contributed by atoms with Crippen molar-refractivity contribution >= 4 is 11.9 Å². The lowest BCUT2D eigenvalue weighted by molar-refractivity contribution is -0.276. The van der Waals surface area contributed by atoms with Gasteiger partial charge in [-0.05, 0) is 66.4 Å². The minimum absolute atomic E-state index is 0.0200. The maximum Gasteiger partial charge on any atom is 0.303 e. The van der Waals surface area contributed by atoms with Gasteiger partial charge in [-0.15, -0.1) is 0 Å². The second-order valence-electron chi connectivity index (χ2n) is 13.2. The van der Waals surface area contributed by atoms with Crippen molar-refractivity contribution in [3.8, 4) is 11.1 Å². The molecule has 9 nitrogen and oxygen atoms in total. The molecule has 1 fully saturated rings. The fourth-order valence-electron chi connectivity index (χ4n) is 6.31. The van der Waals surface area contributed by atoms with Gasteiger partial charge >= 0.3 is 5.97 Å². The Balaban J connectivity index is 1.37. The summed E-state index contributed by atoms with van der Waals surface area (Å²) >= 11 is 0. The number of amides is 1. The smallest absolute Gasteiger partial charge is 0.303 e. The standard InChI is InChI=1S/C41H48N2O7/c1-26-37(24-43(5)27(2)38(46)32-12-7-6-8-13-32)49-41(50-39(26)33-19-17-30(25-44)18-20-33)36-16-10-15-35(22-36)34-14-9-11-31(21-34)23-42-40(47)28(3)48-29(4)45/h6-22,26-28,37-39,41,44,46H,23-25H2,1-5H3,(H,42,47)/t26-,27-,28+,37+,38-,39+,41+/m1/s1. The first kappa shape index (κ1) is 36.9. The maximum atomic E-state index is 12.4. The summed E-state index contributed by atoms with van der Waals surface area (Å²) < 4.78 is 18.5. The summed E-state index contributed by atoms with van der Waals surface area (Å²) in [5, 5.41) is 23.6. The zero-order chi connectivity index (χ0) is 35.8. The van der Waals surface area contributed by atoms with Crippen molar-refractivity contribution in [2.45, 2.75) is 77.6 Å². The average Bonchev–Trinajstić information content (AvgIpc) is 3.14. The van der Waals surface area contributed by atoms with Gasteiger partial charge in [0.05, 0.1) is 24.9 Å². The van der Waals surface area contributed by atoms with Crippen LogP contribution in [0.4, 0.5) is 0 Å². The lowest BCUT2D eigenvalue weighted by Gasteiger charge is -2.43. The SMILES string of the molecule is CC(=O)O[C@@H](C)C(=O)NCc1cccc(-c2cccc([C@H]3O[C@@H](CN(C)[C@H](C)[C@@H](O)c4ccccc4)[C@@H](C)[C@@H](c4ccc(CO)cc4)O3)c2)c1. The number of hydrogen-bond donors (Lipinski definition) is 3. The first-order chi connectivity index (χ1) is 24.0. The van der Waals surface area contributed by atoms with Crippen LogP contribution < -0.4 is 5.32 Å². The van der Waals surface area contributed by atoms with Gasteiger partial charge < -0.3 is 29.7 Å². The Morgan fingerprint density at radius 3 is 2.22 bits per heavy atom. The first-order valence-electron chi connectivity index (χ1n) is 17.1. The highest BCUT2D eigenvalue weighted by Gasteiger charge is 2.39. The molecule has 7 atom stereocenters. The number of benzene rings is 4. The van der Waals surface area contributed by atoms with E-state index in [4.69, 9.17) is 14.2 Å². The Labute approximate surface area is 294 Å². The van der Waals surface area contributed by atoms with Crippen molar-refractivity contribution in [1.82, 2.24) is 10.2 Å². The van der Waals surface area contributed by atoms with Gasteiger partial charge in [-0.2, -0.15) is 0 Å². The normalized spacial score (nSPS) is 20.9. The van der Waals surface area contributed by atoms with Crippen LogP contribution in [-0.2, 0) is 37.0 Å². The number of esters is 1. The number of nitrogens with zero attached hydrogens (tertiary/aromatic N) is 1. The van der Waals surface area contributed by atoms with Crippen molar-refractivity contribution in [2.24, 2.45) is 5.92 Å². The summed E-state index contributed by atoms with van der Waals surface area (Å²) in [5.41, 5.74) is 6.40. The zero-order valence-corrected chi connectivity index (χ0v) is 29.4. The number of hydrogen-bond acceptors (Lipinski definition) is 8. The van der Waals surface area contributed by atoms with Gasteiger partial charge in [-0.25, -0.2) is 0 Å². The summed E-state index contributed by atoms with van der Waals surface area (Å²) in [6, 6.07) is 33.3. The number of aliphatic hydroxyl groups is 2. The first-order valence-corrected chi connectivity index (χ1v) is 17.1. The molecule has 4 aromatic carbocycles. The van der Waals surface area contributed by atoms with Gasteiger partial charge in [0.2, 0.25) is 0 Å². The van der Waals surface area contributed by atoms with Gasteiger partial charge in [0, 0.05) is 37.5 Å². The molecule has 1 saturated heterocycles. The van der Waals surface area contributed by atoms with Crippen LogP contribution in [0.15, 0.2) is 103 Å². The summed E-state index contributed by atoms with van der Waals surface area (Å²) in [5.74, 6) is -0.887. The molecule has 0 radical (unpaired) electrons.